The van der Waals surface area contributed by atoms with Crippen molar-refractivity contribution < 1.29 is 14.6 Å². The molecule has 0 amide bonds. The molecule has 1 aromatic carbocycles. The van der Waals surface area contributed by atoms with Crippen molar-refractivity contribution in [3.8, 4) is 0 Å². The Labute approximate surface area is 99.8 Å². The minimum atomic E-state index is -0.872. The predicted octanol–water partition coefficient (Wildman–Crippen LogP) is 1.47. The summed E-state index contributed by atoms with van der Waals surface area (Å²) in [4.78, 5) is 13.1. The van der Waals surface area contributed by atoms with Gasteiger partial charge in [-0.1, -0.05) is 0 Å². The molecule has 2 aliphatic heterocycles. The Morgan fingerprint density at radius 2 is 1.76 bits per heavy atom. The van der Waals surface area contributed by atoms with Crippen LogP contribution in [0.1, 0.15) is 10.4 Å². The summed E-state index contributed by atoms with van der Waals surface area (Å²) >= 11 is 0. The number of aromatic carboxylic acids is 1. The number of anilines is 1. The van der Waals surface area contributed by atoms with E-state index in [0.29, 0.717) is 17.4 Å². The molecule has 0 saturated carbocycles. The first-order valence-electron chi connectivity index (χ1n) is 5.90. The van der Waals surface area contributed by atoms with Crippen molar-refractivity contribution in [2.24, 2.45) is 11.8 Å². The normalized spacial score (nSPS) is 27.2. The SMILES string of the molecule is O=C(O)c1ccc(N2CC3COCC3C2)cc1. The molecule has 2 unspecified atom stereocenters. The van der Waals surface area contributed by atoms with Gasteiger partial charge in [0.15, 0.2) is 0 Å². The van der Waals surface area contributed by atoms with Gasteiger partial charge in [-0.2, -0.15) is 0 Å². The maximum Gasteiger partial charge on any atom is 0.335 e. The van der Waals surface area contributed by atoms with Gasteiger partial charge in [-0.15, -0.1) is 0 Å². The van der Waals surface area contributed by atoms with Crippen LogP contribution in [-0.4, -0.2) is 37.4 Å². The van der Waals surface area contributed by atoms with E-state index in [2.05, 4.69) is 4.90 Å². The predicted molar refractivity (Wildman–Crippen MR) is 63.4 cm³/mol. The van der Waals surface area contributed by atoms with E-state index >= 15 is 0 Å². The second-order valence-corrected chi connectivity index (χ2v) is 4.81. The third-order valence-electron chi connectivity index (χ3n) is 3.72. The van der Waals surface area contributed by atoms with Crippen LogP contribution in [-0.2, 0) is 4.74 Å². The van der Waals surface area contributed by atoms with Gasteiger partial charge >= 0.3 is 5.97 Å². The molecule has 3 rings (SSSR count). The fraction of sp³-hybridized carbons (Fsp3) is 0.462. The smallest absolute Gasteiger partial charge is 0.335 e. The average molecular weight is 233 g/mol. The second-order valence-electron chi connectivity index (χ2n) is 4.81. The topological polar surface area (TPSA) is 49.8 Å². The van der Waals surface area contributed by atoms with Crippen molar-refractivity contribution in [3.63, 3.8) is 0 Å². The number of hydrogen-bond acceptors (Lipinski definition) is 3. The molecular weight excluding hydrogens is 218 g/mol. The molecule has 1 N–H and O–H groups in total. The Bertz CT molecular complexity index is 417. The van der Waals surface area contributed by atoms with E-state index in [1.165, 1.54) is 0 Å². The van der Waals surface area contributed by atoms with Crippen molar-refractivity contribution in [1.29, 1.82) is 0 Å². The van der Waals surface area contributed by atoms with Crippen LogP contribution in [0.5, 0.6) is 0 Å². The summed E-state index contributed by atoms with van der Waals surface area (Å²) in [6, 6.07) is 7.13. The number of hydrogen-bond donors (Lipinski definition) is 1. The largest absolute Gasteiger partial charge is 0.478 e. The van der Waals surface area contributed by atoms with Gasteiger partial charge in [-0.3, -0.25) is 0 Å². The zero-order chi connectivity index (χ0) is 11.8. The summed E-state index contributed by atoms with van der Waals surface area (Å²) in [5.41, 5.74) is 1.46. The van der Waals surface area contributed by atoms with Crippen LogP contribution >= 0.6 is 0 Å². The Balaban J connectivity index is 1.75. The lowest BCUT2D eigenvalue weighted by Gasteiger charge is -2.19. The highest BCUT2D eigenvalue weighted by Crippen LogP contribution is 2.32. The molecule has 90 valence electrons. The summed E-state index contributed by atoms with van der Waals surface area (Å²) in [6.07, 6.45) is 0. The van der Waals surface area contributed by atoms with Gasteiger partial charge in [0.05, 0.1) is 18.8 Å². The standard InChI is InChI=1S/C13H15NO3/c15-13(16)9-1-3-12(4-2-9)14-5-10-7-17-8-11(10)6-14/h1-4,10-11H,5-8H2,(H,15,16). The molecule has 2 saturated heterocycles. The van der Waals surface area contributed by atoms with Crippen LogP contribution < -0.4 is 4.90 Å². The van der Waals surface area contributed by atoms with E-state index in [1.54, 1.807) is 12.1 Å². The van der Waals surface area contributed by atoms with Crippen molar-refractivity contribution >= 4 is 11.7 Å². The van der Waals surface area contributed by atoms with Gasteiger partial charge in [-0.05, 0) is 24.3 Å². The summed E-state index contributed by atoms with van der Waals surface area (Å²) in [7, 11) is 0. The van der Waals surface area contributed by atoms with Gasteiger partial charge < -0.3 is 14.7 Å². The second kappa shape index (κ2) is 4.04. The molecule has 2 atom stereocenters. The van der Waals surface area contributed by atoms with E-state index in [0.717, 1.165) is 32.0 Å². The van der Waals surface area contributed by atoms with Gasteiger partial charge in [0, 0.05) is 30.6 Å². The van der Waals surface area contributed by atoms with Gasteiger partial charge in [0.25, 0.3) is 0 Å². The zero-order valence-electron chi connectivity index (χ0n) is 9.50. The molecule has 0 aliphatic carbocycles. The highest BCUT2D eigenvalue weighted by Gasteiger charge is 2.37. The molecule has 2 aliphatic rings. The van der Waals surface area contributed by atoms with Gasteiger partial charge in [-0.25, -0.2) is 4.79 Å². The van der Waals surface area contributed by atoms with Crippen LogP contribution in [0.2, 0.25) is 0 Å². The van der Waals surface area contributed by atoms with Crippen molar-refractivity contribution in [2.75, 3.05) is 31.2 Å². The molecule has 0 bridgehead atoms. The summed E-state index contributed by atoms with van der Waals surface area (Å²) in [5, 5.41) is 8.84. The Morgan fingerprint density at radius 3 is 2.29 bits per heavy atom. The van der Waals surface area contributed by atoms with E-state index in [-0.39, 0.29) is 0 Å². The van der Waals surface area contributed by atoms with Crippen LogP contribution in [0.15, 0.2) is 24.3 Å². The lowest BCUT2D eigenvalue weighted by molar-refractivity contribution is 0.0697. The number of ether oxygens (including phenoxy) is 1. The molecule has 2 heterocycles. The molecule has 0 radical (unpaired) electrons. The van der Waals surface area contributed by atoms with Crippen LogP contribution in [0.4, 0.5) is 5.69 Å². The fourth-order valence-corrected chi connectivity index (χ4v) is 2.71. The monoisotopic (exact) mass is 233 g/mol. The quantitative estimate of drug-likeness (QED) is 0.840. The Hall–Kier alpha value is -1.55. The molecule has 1 aromatic rings. The average Bonchev–Trinajstić information content (AvgIpc) is 2.89. The number of carboxylic acid groups (broad SMARTS) is 1. The number of rotatable bonds is 2. The highest BCUT2D eigenvalue weighted by molar-refractivity contribution is 5.88. The summed E-state index contributed by atoms with van der Waals surface area (Å²) < 4.78 is 5.44. The van der Waals surface area contributed by atoms with Crippen molar-refractivity contribution in [2.45, 2.75) is 0 Å². The van der Waals surface area contributed by atoms with Crippen molar-refractivity contribution in [1.82, 2.24) is 0 Å². The first-order valence-corrected chi connectivity index (χ1v) is 5.90. The van der Waals surface area contributed by atoms with E-state index < -0.39 is 5.97 Å². The third kappa shape index (κ3) is 1.89. The number of fused-ring (bicyclic) bond motifs is 1. The van der Waals surface area contributed by atoms with E-state index in [1.807, 2.05) is 12.1 Å². The molecule has 4 heteroatoms. The lowest BCUT2D eigenvalue weighted by Crippen LogP contribution is -2.22. The molecule has 0 aromatic heterocycles. The van der Waals surface area contributed by atoms with Crippen LogP contribution in [0, 0.1) is 11.8 Å². The Kier molecular flexibility index (Phi) is 2.52. The van der Waals surface area contributed by atoms with E-state index in [9.17, 15) is 4.79 Å². The van der Waals surface area contributed by atoms with Crippen molar-refractivity contribution in [3.05, 3.63) is 29.8 Å². The summed E-state index contributed by atoms with van der Waals surface area (Å²) in [6.45, 7) is 3.79. The number of carbonyl (C=O) groups is 1. The lowest BCUT2D eigenvalue weighted by atomic mass is 10.0. The van der Waals surface area contributed by atoms with Gasteiger partial charge in [0.1, 0.15) is 0 Å². The molecule has 0 spiro atoms. The molecule has 4 nitrogen and oxygen atoms in total. The minimum Gasteiger partial charge on any atom is -0.478 e. The number of benzene rings is 1. The maximum atomic E-state index is 10.8. The van der Waals surface area contributed by atoms with Crippen LogP contribution in [0.3, 0.4) is 0 Å². The molecule has 17 heavy (non-hydrogen) atoms. The number of carboxylic acids is 1. The highest BCUT2D eigenvalue weighted by atomic mass is 16.5. The third-order valence-corrected chi connectivity index (χ3v) is 3.72. The molecule has 2 fully saturated rings. The maximum absolute atomic E-state index is 10.8. The number of nitrogens with zero attached hydrogens (tertiary/aromatic N) is 1. The molecular formula is C13H15NO3. The Morgan fingerprint density at radius 1 is 1.18 bits per heavy atom. The fourth-order valence-electron chi connectivity index (χ4n) is 2.71. The first-order chi connectivity index (χ1) is 8.24. The summed E-state index contributed by atoms with van der Waals surface area (Å²) in [5.74, 6) is 0.423. The zero-order valence-corrected chi connectivity index (χ0v) is 9.50. The minimum absolute atomic E-state index is 0.344. The first kappa shape index (κ1) is 10.6. The van der Waals surface area contributed by atoms with E-state index in [4.69, 9.17) is 9.84 Å². The van der Waals surface area contributed by atoms with Gasteiger partial charge in [0.2, 0.25) is 0 Å². The van der Waals surface area contributed by atoms with Crippen LogP contribution in [0.25, 0.3) is 0 Å².